The second-order valence-corrected chi connectivity index (χ2v) is 5.94. The third-order valence-corrected chi connectivity index (χ3v) is 3.96. The monoisotopic (exact) mass is 376 g/mol. The number of nitrogens with zero attached hydrogens (tertiary/aromatic N) is 1. The molecule has 6 nitrogen and oxygen atoms in total. The Morgan fingerprint density at radius 3 is 2.46 bits per heavy atom. The molecule has 142 valence electrons. The molecular weight excluding hydrogens is 356 g/mol. The van der Waals surface area contributed by atoms with Crippen LogP contribution in [0.1, 0.15) is 21.5 Å². The van der Waals surface area contributed by atoms with E-state index in [2.05, 4.69) is 10.5 Å². The number of carboxylic acids is 1. The van der Waals surface area contributed by atoms with Gasteiger partial charge in [0.1, 0.15) is 6.61 Å². The van der Waals surface area contributed by atoms with E-state index >= 15 is 0 Å². The molecule has 28 heavy (non-hydrogen) atoms. The van der Waals surface area contributed by atoms with Crippen LogP contribution in [0.2, 0.25) is 0 Å². The number of rotatable bonds is 8. The van der Waals surface area contributed by atoms with Crippen molar-refractivity contribution in [2.75, 3.05) is 12.5 Å². The number of hydrogen-bond acceptors (Lipinski definition) is 5. The van der Waals surface area contributed by atoms with Crippen LogP contribution < -0.4 is 14.9 Å². The molecule has 0 bridgehead atoms. The molecule has 0 saturated carbocycles. The molecule has 3 aromatic carbocycles. The summed E-state index contributed by atoms with van der Waals surface area (Å²) in [6.45, 7) is 0.305. The Hall–Kier alpha value is -3.80. The van der Waals surface area contributed by atoms with E-state index < -0.39 is 5.97 Å². The van der Waals surface area contributed by atoms with Gasteiger partial charge >= 0.3 is 5.97 Å². The third-order valence-electron chi connectivity index (χ3n) is 3.96. The number of hydrogen-bond donors (Lipinski definition) is 2. The average molecular weight is 376 g/mol. The highest BCUT2D eigenvalue weighted by molar-refractivity contribution is 5.87. The molecule has 0 saturated heterocycles. The molecule has 2 N–H and O–H groups in total. The van der Waals surface area contributed by atoms with Crippen LogP contribution in [0, 0.1) is 0 Å². The van der Waals surface area contributed by atoms with Gasteiger partial charge in [0.05, 0.1) is 24.6 Å². The molecule has 0 aliphatic heterocycles. The van der Waals surface area contributed by atoms with Gasteiger partial charge in [-0.05, 0) is 53.6 Å². The molecule has 0 unspecified atom stereocenters. The Bertz CT molecular complexity index is 954. The van der Waals surface area contributed by atoms with Crippen molar-refractivity contribution in [3.63, 3.8) is 0 Å². The van der Waals surface area contributed by atoms with Gasteiger partial charge < -0.3 is 14.6 Å². The Labute approximate surface area is 163 Å². The lowest BCUT2D eigenvalue weighted by molar-refractivity contribution is 0.0697. The minimum atomic E-state index is -0.951. The molecule has 0 aliphatic rings. The minimum Gasteiger partial charge on any atom is -0.493 e. The zero-order valence-electron chi connectivity index (χ0n) is 15.3. The number of aromatic carboxylic acids is 1. The zero-order valence-corrected chi connectivity index (χ0v) is 15.3. The Kier molecular flexibility index (Phi) is 6.25. The zero-order chi connectivity index (χ0) is 19.8. The molecule has 3 aromatic rings. The van der Waals surface area contributed by atoms with Crippen LogP contribution in [-0.2, 0) is 6.61 Å². The van der Waals surface area contributed by atoms with E-state index in [1.807, 2.05) is 48.5 Å². The molecule has 0 spiro atoms. The van der Waals surface area contributed by atoms with Gasteiger partial charge in [-0.1, -0.05) is 30.3 Å². The van der Waals surface area contributed by atoms with Crippen molar-refractivity contribution in [1.82, 2.24) is 0 Å². The molecule has 0 heterocycles. The molecule has 6 heteroatoms. The summed E-state index contributed by atoms with van der Waals surface area (Å²) >= 11 is 0. The summed E-state index contributed by atoms with van der Waals surface area (Å²) in [7, 11) is 1.58. The van der Waals surface area contributed by atoms with E-state index in [1.165, 1.54) is 0 Å². The van der Waals surface area contributed by atoms with Crippen LogP contribution in [0.15, 0.2) is 77.9 Å². The van der Waals surface area contributed by atoms with E-state index in [1.54, 1.807) is 37.6 Å². The molecule has 3 rings (SSSR count). The fraction of sp³-hybridized carbons (Fsp3) is 0.0909. The van der Waals surface area contributed by atoms with Gasteiger partial charge in [0.2, 0.25) is 0 Å². The van der Waals surface area contributed by atoms with Gasteiger partial charge in [-0.25, -0.2) is 4.79 Å². The van der Waals surface area contributed by atoms with Gasteiger partial charge in [0.15, 0.2) is 11.5 Å². The number of carbonyl (C=O) groups is 1. The van der Waals surface area contributed by atoms with Crippen LogP contribution >= 0.6 is 0 Å². The lowest BCUT2D eigenvalue weighted by atomic mass is 10.1. The molecule has 0 amide bonds. The first-order chi connectivity index (χ1) is 13.7. The average Bonchev–Trinajstić information content (AvgIpc) is 2.73. The van der Waals surface area contributed by atoms with E-state index in [4.69, 9.17) is 14.6 Å². The van der Waals surface area contributed by atoms with Gasteiger partial charge in [-0.3, -0.25) is 5.43 Å². The lowest BCUT2D eigenvalue weighted by Crippen LogP contribution is -2.00. The predicted octanol–water partition coefficient (Wildman–Crippen LogP) is 4.42. The normalized spacial score (nSPS) is 10.6. The summed E-state index contributed by atoms with van der Waals surface area (Å²) in [6, 6.07) is 21.8. The number of nitrogens with one attached hydrogen (secondary N) is 1. The molecule has 0 atom stereocenters. The molecule has 0 fully saturated rings. The first kappa shape index (κ1) is 19.0. The summed E-state index contributed by atoms with van der Waals surface area (Å²) in [5, 5.41) is 13.2. The van der Waals surface area contributed by atoms with Crippen molar-refractivity contribution in [3.05, 3.63) is 89.5 Å². The van der Waals surface area contributed by atoms with Crippen molar-refractivity contribution in [1.29, 1.82) is 0 Å². The summed E-state index contributed by atoms with van der Waals surface area (Å²) in [6.07, 6.45) is 1.70. The first-order valence-corrected chi connectivity index (χ1v) is 8.63. The van der Waals surface area contributed by atoms with E-state index in [0.717, 1.165) is 16.8 Å². The number of carboxylic acid groups (broad SMARTS) is 1. The second-order valence-electron chi connectivity index (χ2n) is 5.94. The Morgan fingerprint density at radius 2 is 1.79 bits per heavy atom. The second kappa shape index (κ2) is 9.23. The summed E-state index contributed by atoms with van der Waals surface area (Å²) in [5.74, 6) is 0.233. The van der Waals surface area contributed by atoms with Crippen LogP contribution in [0.25, 0.3) is 0 Å². The minimum absolute atomic E-state index is 0.245. The summed E-state index contributed by atoms with van der Waals surface area (Å²) < 4.78 is 11.2. The molecule has 0 aliphatic carbocycles. The Balaban J connectivity index is 1.63. The molecular formula is C22H20N2O4. The van der Waals surface area contributed by atoms with E-state index in [9.17, 15) is 4.79 Å². The highest BCUT2D eigenvalue weighted by Gasteiger charge is 2.07. The first-order valence-electron chi connectivity index (χ1n) is 8.63. The topological polar surface area (TPSA) is 80.1 Å². The SMILES string of the molecule is COc1cc(C=NNc2ccccc2)ccc1OCc1ccc(C(=O)O)cc1. The van der Waals surface area contributed by atoms with Crippen LogP contribution in [0.5, 0.6) is 11.5 Å². The molecule has 0 radical (unpaired) electrons. The van der Waals surface area contributed by atoms with E-state index in [0.29, 0.717) is 18.1 Å². The van der Waals surface area contributed by atoms with Crippen molar-refractivity contribution >= 4 is 17.9 Å². The highest BCUT2D eigenvalue weighted by Crippen LogP contribution is 2.28. The van der Waals surface area contributed by atoms with Gasteiger partial charge in [0.25, 0.3) is 0 Å². The number of ether oxygens (including phenoxy) is 2. The maximum atomic E-state index is 10.9. The van der Waals surface area contributed by atoms with Gasteiger partial charge in [-0.2, -0.15) is 5.10 Å². The largest absolute Gasteiger partial charge is 0.493 e. The van der Waals surface area contributed by atoms with Crippen molar-refractivity contribution in [2.24, 2.45) is 5.10 Å². The molecule has 0 aromatic heterocycles. The smallest absolute Gasteiger partial charge is 0.335 e. The van der Waals surface area contributed by atoms with Crippen molar-refractivity contribution in [3.8, 4) is 11.5 Å². The summed E-state index contributed by atoms with van der Waals surface area (Å²) in [4.78, 5) is 10.9. The Morgan fingerprint density at radius 1 is 1.04 bits per heavy atom. The fourth-order valence-electron chi connectivity index (χ4n) is 2.48. The van der Waals surface area contributed by atoms with Crippen LogP contribution in [0.3, 0.4) is 0 Å². The quantitative estimate of drug-likeness (QED) is 0.449. The van der Waals surface area contributed by atoms with E-state index in [-0.39, 0.29) is 5.56 Å². The summed E-state index contributed by atoms with van der Waals surface area (Å²) in [5.41, 5.74) is 5.83. The van der Waals surface area contributed by atoms with Crippen LogP contribution in [0.4, 0.5) is 5.69 Å². The fourth-order valence-corrected chi connectivity index (χ4v) is 2.48. The van der Waals surface area contributed by atoms with Crippen molar-refractivity contribution in [2.45, 2.75) is 6.61 Å². The lowest BCUT2D eigenvalue weighted by Gasteiger charge is -2.11. The predicted molar refractivity (Wildman–Crippen MR) is 108 cm³/mol. The number of hydrazone groups is 1. The number of methoxy groups -OCH3 is 1. The maximum Gasteiger partial charge on any atom is 0.335 e. The highest BCUT2D eigenvalue weighted by atomic mass is 16.5. The van der Waals surface area contributed by atoms with Gasteiger partial charge in [0, 0.05) is 0 Å². The standard InChI is InChI=1S/C22H20N2O4/c1-27-21-13-17(14-23-24-19-5-3-2-4-6-19)9-12-20(21)28-15-16-7-10-18(11-8-16)22(25)26/h2-14,24H,15H2,1H3,(H,25,26). The number of anilines is 1. The maximum absolute atomic E-state index is 10.9. The van der Waals surface area contributed by atoms with Crippen molar-refractivity contribution < 1.29 is 19.4 Å². The number of benzene rings is 3. The third kappa shape index (κ3) is 5.11. The van der Waals surface area contributed by atoms with Crippen LogP contribution in [-0.4, -0.2) is 24.4 Å². The number of para-hydroxylation sites is 1. The van der Waals surface area contributed by atoms with Gasteiger partial charge in [-0.15, -0.1) is 0 Å².